The number of thioether (sulfide) groups is 1. The number of benzene rings is 3. The number of unbranched alkanes of at least 4 members (excludes halogenated alkanes) is 1. The Kier molecular flexibility index (Phi) is 6.29. The Morgan fingerprint density at radius 3 is 2.43 bits per heavy atom. The summed E-state index contributed by atoms with van der Waals surface area (Å²) in [7, 11) is 0. The Labute approximate surface area is 181 Å². The van der Waals surface area contributed by atoms with Crippen LogP contribution in [-0.2, 0) is 4.79 Å². The summed E-state index contributed by atoms with van der Waals surface area (Å²) in [6, 6.07) is 24.5. The van der Waals surface area contributed by atoms with Crippen LogP contribution in [0, 0.1) is 0 Å². The topological polar surface area (TPSA) is 49.8 Å². The highest BCUT2D eigenvalue weighted by molar-refractivity contribution is 8.01. The fraction of sp³-hybridized carbons (Fsp3) is 0.240. The number of carbonyl (C=O) groups excluding carboxylic acids is 1. The number of para-hydroxylation sites is 1. The molecular weight excluding hydrogens is 394 g/mol. The first-order valence-corrected chi connectivity index (χ1v) is 11.2. The predicted molar refractivity (Wildman–Crippen MR) is 122 cm³/mol. The van der Waals surface area contributed by atoms with Crippen molar-refractivity contribution < 1.29 is 14.6 Å². The average molecular weight is 420 g/mol. The molecule has 0 aromatic heterocycles. The molecule has 0 bridgehead atoms. The Morgan fingerprint density at radius 2 is 1.70 bits per heavy atom. The summed E-state index contributed by atoms with van der Waals surface area (Å²) < 4.78 is 6.01. The van der Waals surface area contributed by atoms with E-state index in [1.54, 1.807) is 36.0 Å². The van der Waals surface area contributed by atoms with Crippen LogP contribution in [0.15, 0.2) is 78.9 Å². The van der Waals surface area contributed by atoms with Crippen molar-refractivity contribution in [2.75, 3.05) is 4.90 Å². The standard InChI is InChI=1S/C25H25NO3S/c1-2-3-12-23-24(28)26(19-13-15-20(27)16-14-19)25(30-23)18-8-7-11-22(17-18)29-21-9-5-4-6-10-21/h4-11,13-17,23,25,27H,2-3,12H2,1H3/t23-,25-/m1/s1. The fourth-order valence-corrected chi connectivity index (χ4v) is 5.08. The van der Waals surface area contributed by atoms with Crippen molar-refractivity contribution in [3.05, 3.63) is 84.4 Å². The van der Waals surface area contributed by atoms with Crippen LogP contribution in [-0.4, -0.2) is 16.3 Å². The molecule has 5 heteroatoms. The molecule has 1 heterocycles. The SMILES string of the molecule is CCCC[C@H]1S[C@H](c2cccc(Oc3ccccc3)c2)N(c2ccc(O)cc2)C1=O. The molecule has 3 aromatic rings. The molecule has 2 atom stereocenters. The van der Waals surface area contributed by atoms with Gasteiger partial charge in [-0.1, -0.05) is 50.1 Å². The highest BCUT2D eigenvalue weighted by atomic mass is 32.2. The molecule has 4 rings (SSSR count). The lowest BCUT2D eigenvalue weighted by Crippen LogP contribution is -2.31. The summed E-state index contributed by atoms with van der Waals surface area (Å²) in [6.07, 6.45) is 2.95. The monoisotopic (exact) mass is 419 g/mol. The lowest BCUT2D eigenvalue weighted by Gasteiger charge is -2.24. The Morgan fingerprint density at radius 1 is 0.967 bits per heavy atom. The lowest BCUT2D eigenvalue weighted by atomic mass is 10.1. The van der Waals surface area contributed by atoms with Gasteiger partial charge in [-0.25, -0.2) is 0 Å². The Hall–Kier alpha value is -2.92. The third-order valence-corrected chi connectivity index (χ3v) is 6.62. The highest BCUT2D eigenvalue weighted by Gasteiger charge is 2.41. The van der Waals surface area contributed by atoms with E-state index in [0.717, 1.165) is 42.0 Å². The second-order valence-electron chi connectivity index (χ2n) is 7.33. The van der Waals surface area contributed by atoms with Crippen LogP contribution >= 0.6 is 11.8 Å². The van der Waals surface area contributed by atoms with E-state index in [2.05, 4.69) is 6.92 Å². The maximum absolute atomic E-state index is 13.3. The Balaban J connectivity index is 1.65. The number of nitrogens with zero attached hydrogens (tertiary/aromatic N) is 1. The predicted octanol–water partition coefficient (Wildman–Crippen LogP) is 6.52. The largest absolute Gasteiger partial charge is 0.508 e. The van der Waals surface area contributed by atoms with Crippen molar-refractivity contribution in [2.24, 2.45) is 0 Å². The first kappa shape index (κ1) is 20.4. The van der Waals surface area contributed by atoms with Crippen LogP contribution in [0.1, 0.15) is 37.1 Å². The van der Waals surface area contributed by atoms with Gasteiger partial charge in [0.1, 0.15) is 22.6 Å². The summed E-state index contributed by atoms with van der Waals surface area (Å²) in [6.45, 7) is 2.14. The van der Waals surface area contributed by atoms with E-state index in [-0.39, 0.29) is 22.3 Å². The molecule has 1 aliphatic rings. The van der Waals surface area contributed by atoms with Crippen molar-refractivity contribution in [1.82, 2.24) is 0 Å². The molecule has 1 fully saturated rings. The summed E-state index contributed by atoms with van der Waals surface area (Å²) >= 11 is 1.69. The number of phenols is 1. The van der Waals surface area contributed by atoms with Crippen LogP contribution in [0.25, 0.3) is 0 Å². The van der Waals surface area contributed by atoms with E-state index in [9.17, 15) is 9.90 Å². The van der Waals surface area contributed by atoms with Gasteiger partial charge in [-0.3, -0.25) is 9.69 Å². The van der Waals surface area contributed by atoms with Crippen LogP contribution in [0.4, 0.5) is 5.69 Å². The van der Waals surface area contributed by atoms with Gasteiger partial charge in [0.05, 0.1) is 5.25 Å². The number of aromatic hydroxyl groups is 1. The molecule has 0 unspecified atom stereocenters. The summed E-state index contributed by atoms with van der Waals surface area (Å²) in [4.78, 5) is 15.1. The molecule has 4 nitrogen and oxygen atoms in total. The Bertz CT molecular complexity index is 991. The molecule has 30 heavy (non-hydrogen) atoms. The molecule has 154 valence electrons. The number of amides is 1. The number of hydrogen-bond acceptors (Lipinski definition) is 4. The van der Waals surface area contributed by atoms with Crippen LogP contribution in [0.5, 0.6) is 17.2 Å². The smallest absolute Gasteiger partial charge is 0.241 e. The van der Waals surface area contributed by atoms with E-state index in [0.29, 0.717) is 0 Å². The third kappa shape index (κ3) is 4.46. The van der Waals surface area contributed by atoms with E-state index < -0.39 is 0 Å². The summed E-state index contributed by atoms with van der Waals surface area (Å²) in [5.41, 5.74) is 1.82. The van der Waals surface area contributed by atoms with Gasteiger partial charge < -0.3 is 9.84 Å². The van der Waals surface area contributed by atoms with Crippen molar-refractivity contribution in [3.63, 3.8) is 0 Å². The zero-order valence-electron chi connectivity index (χ0n) is 16.9. The van der Waals surface area contributed by atoms with Crippen molar-refractivity contribution in [1.29, 1.82) is 0 Å². The number of carbonyl (C=O) groups is 1. The van der Waals surface area contributed by atoms with Gasteiger partial charge in [0.15, 0.2) is 0 Å². The number of anilines is 1. The normalized spacial score (nSPS) is 18.6. The fourth-order valence-electron chi connectivity index (χ4n) is 3.59. The van der Waals surface area contributed by atoms with Gasteiger partial charge in [-0.15, -0.1) is 11.8 Å². The minimum Gasteiger partial charge on any atom is -0.508 e. The molecule has 1 N–H and O–H groups in total. The minimum atomic E-state index is -0.136. The number of ether oxygens (including phenoxy) is 1. The number of hydrogen-bond donors (Lipinski definition) is 1. The molecule has 1 amide bonds. The lowest BCUT2D eigenvalue weighted by molar-refractivity contribution is -0.117. The van der Waals surface area contributed by atoms with Gasteiger partial charge in [0, 0.05) is 5.69 Å². The second-order valence-corrected chi connectivity index (χ2v) is 8.62. The van der Waals surface area contributed by atoms with Crippen molar-refractivity contribution in [3.8, 4) is 17.2 Å². The van der Waals surface area contributed by atoms with Gasteiger partial charge >= 0.3 is 0 Å². The van der Waals surface area contributed by atoms with Gasteiger partial charge in [0.2, 0.25) is 5.91 Å². The molecule has 1 aliphatic heterocycles. The maximum Gasteiger partial charge on any atom is 0.241 e. The summed E-state index contributed by atoms with van der Waals surface area (Å²) in [5.74, 6) is 1.84. The van der Waals surface area contributed by atoms with Crippen molar-refractivity contribution in [2.45, 2.75) is 36.8 Å². The first-order chi connectivity index (χ1) is 14.7. The van der Waals surface area contributed by atoms with E-state index in [1.165, 1.54) is 0 Å². The molecule has 0 spiro atoms. The van der Waals surface area contributed by atoms with Crippen LogP contribution in [0.3, 0.4) is 0 Å². The summed E-state index contributed by atoms with van der Waals surface area (Å²) in [5, 5.41) is 9.46. The molecule has 0 radical (unpaired) electrons. The van der Waals surface area contributed by atoms with Crippen molar-refractivity contribution >= 4 is 23.4 Å². The maximum atomic E-state index is 13.3. The molecular formula is C25H25NO3S. The van der Waals surface area contributed by atoms with Gasteiger partial charge in [-0.05, 0) is 60.5 Å². The van der Waals surface area contributed by atoms with Crippen LogP contribution in [0.2, 0.25) is 0 Å². The van der Waals surface area contributed by atoms with E-state index in [4.69, 9.17) is 4.74 Å². The first-order valence-electron chi connectivity index (χ1n) is 10.3. The average Bonchev–Trinajstić information content (AvgIpc) is 3.10. The van der Waals surface area contributed by atoms with Gasteiger partial charge in [-0.2, -0.15) is 0 Å². The highest BCUT2D eigenvalue weighted by Crippen LogP contribution is 2.47. The zero-order chi connectivity index (χ0) is 20.9. The van der Waals surface area contributed by atoms with E-state index >= 15 is 0 Å². The third-order valence-electron chi connectivity index (χ3n) is 5.11. The molecule has 0 saturated carbocycles. The zero-order valence-corrected chi connectivity index (χ0v) is 17.7. The second kappa shape index (κ2) is 9.26. The minimum absolute atomic E-state index is 0.0672. The number of phenolic OH excluding ortho intramolecular Hbond substituents is 1. The quantitative estimate of drug-likeness (QED) is 0.473. The number of rotatable bonds is 7. The molecule has 0 aliphatic carbocycles. The molecule has 3 aromatic carbocycles. The molecule has 1 saturated heterocycles. The van der Waals surface area contributed by atoms with E-state index in [1.807, 2.05) is 59.5 Å². The van der Waals surface area contributed by atoms with Gasteiger partial charge in [0.25, 0.3) is 0 Å². The van der Waals surface area contributed by atoms with Crippen LogP contribution < -0.4 is 9.64 Å².